The van der Waals surface area contributed by atoms with Crippen LogP contribution in [-0.2, 0) is 4.79 Å². The van der Waals surface area contributed by atoms with Crippen LogP contribution in [0.4, 0.5) is 5.69 Å². The largest absolute Gasteiger partial charge is 0.457 e. The summed E-state index contributed by atoms with van der Waals surface area (Å²) in [4.78, 5) is 13.9. The number of hydrogen-bond acceptors (Lipinski definition) is 2. The van der Waals surface area contributed by atoms with Crippen molar-refractivity contribution < 1.29 is 9.53 Å². The van der Waals surface area contributed by atoms with Crippen LogP contribution in [0.2, 0.25) is 0 Å². The Morgan fingerprint density at radius 3 is 2.18 bits per heavy atom. The van der Waals surface area contributed by atoms with Crippen molar-refractivity contribution in [3.63, 3.8) is 0 Å². The van der Waals surface area contributed by atoms with Crippen molar-refractivity contribution in [3.8, 4) is 11.5 Å². The zero-order valence-corrected chi connectivity index (χ0v) is 15.0. The Hall–Kier alpha value is -1.33. The van der Waals surface area contributed by atoms with Gasteiger partial charge in [-0.3, -0.25) is 4.79 Å². The smallest absolute Gasteiger partial charge is 0.227 e. The second-order valence-corrected chi connectivity index (χ2v) is 6.84. The third-order valence-electron chi connectivity index (χ3n) is 3.62. The molecule has 0 aliphatic carbocycles. The minimum Gasteiger partial charge on any atom is -0.457 e. The first-order valence-corrected chi connectivity index (χ1v) is 8.97. The van der Waals surface area contributed by atoms with E-state index in [1.807, 2.05) is 53.4 Å². The van der Waals surface area contributed by atoms with E-state index in [4.69, 9.17) is 4.74 Å². The van der Waals surface area contributed by atoms with E-state index in [0.29, 0.717) is 12.3 Å². The number of rotatable bonds is 4. The summed E-state index contributed by atoms with van der Waals surface area (Å²) < 4.78 is 6.81. The topological polar surface area (TPSA) is 29.5 Å². The molecule has 0 saturated carbocycles. The number of carbonyl (C=O) groups is 1. The van der Waals surface area contributed by atoms with E-state index < -0.39 is 0 Å². The van der Waals surface area contributed by atoms with Crippen molar-refractivity contribution >= 4 is 43.5 Å². The maximum atomic E-state index is 12.0. The monoisotopic (exact) mass is 423 g/mol. The van der Waals surface area contributed by atoms with E-state index in [9.17, 15) is 4.79 Å². The molecule has 114 valence electrons. The molecular formula is C17H15Br2NO2. The van der Waals surface area contributed by atoms with Crippen molar-refractivity contribution in [1.82, 2.24) is 0 Å². The van der Waals surface area contributed by atoms with E-state index in [-0.39, 0.29) is 5.91 Å². The molecule has 1 saturated heterocycles. The van der Waals surface area contributed by atoms with Gasteiger partial charge in [0.05, 0.1) is 0 Å². The highest BCUT2D eigenvalue weighted by Gasteiger charge is 2.29. The van der Waals surface area contributed by atoms with Gasteiger partial charge in [-0.25, -0.2) is 0 Å². The van der Waals surface area contributed by atoms with Gasteiger partial charge in [-0.15, -0.1) is 0 Å². The molecule has 0 N–H and O–H groups in total. The maximum Gasteiger partial charge on any atom is 0.227 e. The number of ether oxygens (including phenoxy) is 1. The van der Waals surface area contributed by atoms with Gasteiger partial charge in [0.25, 0.3) is 0 Å². The summed E-state index contributed by atoms with van der Waals surface area (Å²) in [7, 11) is 0. The number of amides is 1. The van der Waals surface area contributed by atoms with Gasteiger partial charge in [0, 0.05) is 28.5 Å². The molecule has 0 bridgehead atoms. The summed E-state index contributed by atoms with van der Waals surface area (Å²) in [5, 5.41) is 0.861. The highest BCUT2D eigenvalue weighted by molar-refractivity contribution is 9.10. The average molecular weight is 425 g/mol. The van der Waals surface area contributed by atoms with E-state index in [1.54, 1.807) is 0 Å². The Labute approximate surface area is 146 Å². The number of carbonyl (C=O) groups excluding carboxylic acids is 1. The van der Waals surface area contributed by atoms with E-state index in [0.717, 1.165) is 33.5 Å². The van der Waals surface area contributed by atoms with Crippen molar-refractivity contribution in [2.24, 2.45) is 5.92 Å². The van der Waals surface area contributed by atoms with Crippen LogP contribution in [0, 0.1) is 5.92 Å². The van der Waals surface area contributed by atoms with Crippen molar-refractivity contribution in [3.05, 3.63) is 53.0 Å². The molecule has 1 fully saturated rings. The first-order valence-electron chi connectivity index (χ1n) is 7.05. The third kappa shape index (κ3) is 3.52. The molecule has 1 unspecified atom stereocenters. The summed E-state index contributed by atoms with van der Waals surface area (Å²) >= 11 is 6.85. The summed E-state index contributed by atoms with van der Waals surface area (Å²) in [6, 6.07) is 15.3. The SMILES string of the molecule is O=C1CC(CBr)CN1c1ccc(Oc2ccc(Br)cc2)cc1. The highest BCUT2D eigenvalue weighted by Crippen LogP contribution is 2.29. The molecule has 5 heteroatoms. The van der Waals surface area contributed by atoms with Crippen LogP contribution < -0.4 is 9.64 Å². The first kappa shape index (κ1) is 15.6. The van der Waals surface area contributed by atoms with Crippen molar-refractivity contribution in [1.29, 1.82) is 0 Å². The minimum atomic E-state index is 0.186. The fraction of sp³-hybridized carbons (Fsp3) is 0.235. The fourth-order valence-corrected chi connectivity index (χ4v) is 3.17. The fourth-order valence-electron chi connectivity index (χ4n) is 2.47. The Morgan fingerprint density at radius 2 is 1.64 bits per heavy atom. The summed E-state index contributed by atoms with van der Waals surface area (Å²) in [5.41, 5.74) is 0.927. The van der Waals surface area contributed by atoms with E-state index in [1.165, 1.54) is 0 Å². The Balaban J connectivity index is 1.70. The van der Waals surface area contributed by atoms with Gasteiger partial charge in [0.1, 0.15) is 11.5 Å². The van der Waals surface area contributed by atoms with Gasteiger partial charge in [-0.1, -0.05) is 31.9 Å². The lowest BCUT2D eigenvalue weighted by atomic mass is 10.2. The van der Waals surface area contributed by atoms with Crippen molar-refractivity contribution in [2.75, 3.05) is 16.8 Å². The molecule has 2 aromatic carbocycles. The van der Waals surface area contributed by atoms with Crippen LogP contribution in [0.5, 0.6) is 11.5 Å². The Bertz CT molecular complexity index is 655. The second kappa shape index (κ2) is 6.84. The standard InChI is InChI=1S/C17H15Br2NO2/c18-10-12-9-17(21)20(11-12)14-3-7-16(8-4-14)22-15-5-1-13(19)2-6-15/h1-8,12H,9-11H2. The van der Waals surface area contributed by atoms with E-state index in [2.05, 4.69) is 31.9 Å². The zero-order chi connectivity index (χ0) is 15.5. The lowest BCUT2D eigenvalue weighted by molar-refractivity contribution is -0.117. The maximum absolute atomic E-state index is 12.0. The molecule has 2 aromatic rings. The summed E-state index contributed by atoms with van der Waals surface area (Å²) in [5.74, 6) is 2.12. The Kier molecular flexibility index (Phi) is 4.84. The number of anilines is 1. The molecule has 1 atom stereocenters. The molecule has 1 aliphatic rings. The third-order valence-corrected chi connectivity index (χ3v) is 5.07. The van der Waals surface area contributed by atoms with Crippen LogP contribution in [0.1, 0.15) is 6.42 Å². The predicted molar refractivity (Wildman–Crippen MR) is 94.9 cm³/mol. The second-order valence-electron chi connectivity index (χ2n) is 5.28. The lowest BCUT2D eigenvalue weighted by Gasteiger charge is -2.17. The number of halogens is 2. The van der Waals surface area contributed by atoms with Crippen LogP contribution in [0.15, 0.2) is 53.0 Å². The lowest BCUT2D eigenvalue weighted by Crippen LogP contribution is -2.24. The average Bonchev–Trinajstić information content (AvgIpc) is 2.91. The van der Waals surface area contributed by atoms with Gasteiger partial charge >= 0.3 is 0 Å². The van der Waals surface area contributed by atoms with Crippen LogP contribution in [0.3, 0.4) is 0 Å². The number of hydrogen-bond donors (Lipinski definition) is 0. The van der Waals surface area contributed by atoms with Gasteiger partial charge in [-0.2, -0.15) is 0 Å². The number of benzene rings is 2. The molecule has 0 radical (unpaired) electrons. The van der Waals surface area contributed by atoms with Gasteiger partial charge in [0.2, 0.25) is 5.91 Å². The molecule has 1 aliphatic heterocycles. The predicted octanol–water partition coefficient (Wildman–Crippen LogP) is 4.99. The molecule has 3 nitrogen and oxygen atoms in total. The van der Waals surface area contributed by atoms with Crippen LogP contribution in [0.25, 0.3) is 0 Å². The van der Waals surface area contributed by atoms with Gasteiger partial charge < -0.3 is 9.64 Å². The highest BCUT2D eigenvalue weighted by atomic mass is 79.9. The zero-order valence-electron chi connectivity index (χ0n) is 11.8. The molecule has 22 heavy (non-hydrogen) atoms. The summed E-state index contributed by atoms with van der Waals surface area (Å²) in [6.07, 6.45) is 0.613. The van der Waals surface area contributed by atoms with Crippen LogP contribution in [-0.4, -0.2) is 17.8 Å². The quantitative estimate of drug-likeness (QED) is 0.647. The van der Waals surface area contributed by atoms with E-state index >= 15 is 0 Å². The molecule has 1 amide bonds. The number of nitrogens with zero attached hydrogens (tertiary/aromatic N) is 1. The minimum absolute atomic E-state index is 0.186. The first-order chi connectivity index (χ1) is 10.7. The van der Waals surface area contributed by atoms with Gasteiger partial charge in [0.15, 0.2) is 0 Å². The Morgan fingerprint density at radius 1 is 1.05 bits per heavy atom. The molecule has 3 rings (SSSR count). The normalized spacial score (nSPS) is 17.8. The van der Waals surface area contributed by atoms with Crippen LogP contribution >= 0.6 is 31.9 Å². The van der Waals surface area contributed by atoms with Crippen molar-refractivity contribution in [2.45, 2.75) is 6.42 Å². The molecule has 0 spiro atoms. The molecule has 1 heterocycles. The molecular weight excluding hydrogens is 410 g/mol. The number of alkyl halides is 1. The van der Waals surface area contributed by atoms with Gasteiger partial charge in [-0.05, 0) is 54.4 Å². The summed E-state index contributed by atoms with van der Waals surface area (Å²) in [6.45, 7) is 0.775. The molecule has 0 aromatic heterocycles.